The maximum Gasteiger partial charge on any atom is 0.305 e. The zero-order valence-electron chi connectivity index (χ0n) is 14.0. The first-order chi connectivity index (χ1) is 11.5. The first-order valence-electron chi connectivity index (χ1n) is 7.75. The van der Waals surface area contributed by atoms with Crippen LogP contribution in [0.4, 0.5) is 0 Å². The minimum absolute atomic E-state index is 0.143. The molecule has 0 saturated heterocycles. The van der Waals surface area contributed by atoms with Crippen molar-refractivity contribution in [2.45, 2.75) is 32.6 Å². The van der Waals surface area contributed by atoms with Crippen LogP contribution in [0, 0.1) is 6.92 Å². The summed E-state index contributed by atoms with van der Waals surface area (Å²) >= 11 is 1.23. The van der Waals surface area contributed by atoms with Crippen LogP contribution in [0.2, 0.25) is 0 Å². The number of aryl methyl sites for hydroxylation is 2. The van der Waals surface area contributed by atoms with Crippen LogP contribution in [-0.4, -0.2) is 35.1 Å². The average molecular weight is 351 g/mol. The SMILES string of the molecule is COC(=O)CCCCCNC(=O)c1sc2ncn(C)c(=O)c2c1C. The molecule has 24 heavy (non-hydrogen) atoms. The number of hydrogen-bond donors (Lipinski definition) is 1. The molecule has 0 aliphatic rings. The van der Waals surface area contributed by atoms with Gasteiger partial charge in [-0.05, 0) is 25.3 Å². The van der Waals surface area contributed by atoms with Crippen molar-refractivity contribution in [1.29, 1.82) is 0 Å². The molecule has 8 heteroatoms. The second-order valence-electron chi connectivity index (χ2n) is 5.54. The molecule has 0 bridgehead atoms. The second kappa shape index (κ2) is 8.05. The summed E-state index contributed by atoms with van der Waals surface area (Å²) in [4.78, 5) is 40.8. The van der Waals surface area contributed by atoms with Crippen molar-refractivity contribution in [3.8, 4) is 0 Å². The maximum atomic E-state index is 12.3. The number of hydrogen-bond acceptors (Lipinski definition) is 6. The molecule has 0 fully saturated rings. The number of nitrogens with one attached hydrogen (secondary N) is 1. The molecule has 0 aliphatic heterocycles. The van der Waals surface area contributed by atoms with E-state index in [4.69, 9.17) is 0 Å². The third-order valence-electron chi connectivity index (χ3n) is 3.79. The van der Waals surface area contributed by atoms with Crippen LogP contribution in [0.3, 0.4) is 0 Å². The highest BCUT2D eigenvalue weighted by molar-refractivity contribution is 7.20. The van der Waals surface area contributed by atoms with Gasteiger partial charge >= 0.3 is 5.97 Å². The lowest BCUT2D eigenvalue weighted by Gasteiger charge is -2.04. The van der Waals surface area contributed by atoms with Crippen molar-refractivity contribution in [1.82, 2.24) is 14.9 Å². The molecule has 130 valence electrons. The van der Waals surface area contributed by atoms with Gasteiger partial charge in [-0.15, -0.1) is 11.3 Å². The molecule has 7 nitrogen and oxygen atoms in total. The van der Waals surface area contributed by atoms with Crippen LogP contribution in [0.1, 0.15) is 40.9 Å². The van der Waals surface area contributed by atoms with E-state index in [1.807, 2.05) is 0 Å². The lowest BCUT2D eigenvalue weighted by atomic mass is 10.2. The average Bonchev–Trinajstić information content (AvgIpc) is 2.91. The minimum Gasteiger partial charge on any atom is -0.469 e. The van der Waals surface area contributed by atoms with Gasteiger partial charge in [0.2, 0.25) is 0 Å². The number of unbranched alkanes of at least 4 members (excludes halogenated alkanes) is 2. The number of esters is 1. The van der Waals surface area contributed by atoms with Gasteiger partial charge in [-0.2, -0.15) is 0 Å². The second-order valence-corrected chi connectivity index (χ2v) is 6.54. The van der Waals surface area contributed by atoms with Gasteiger partial charge in [-0.25, -0.2) is 4.98 Å². The van der Waals surface area contributed by atoms with Crippen molar-refractivity contribution in [2.75, 3.05) is 13.7 Å². The zero-order chi connectivity index (χ0) is 17.7. The summed E-state index contributed by atoms with van der Waals surface area (Å²) in [6.45, 7) is 2.30. The Hall–Kier alpha value is -2.22. The van der Waals surface area contributed by atoms with Gasteiger partial charge in [0.05, 0.1) is 23.7 Å². The van der Waals surface area contributed by atoms with Gasteiger partial charge in [-0.1, -0.05) is 6.42 Å². The Morgan fingerprint density at radius 2 is 2.08 bits per heavy atom. The molecule has 2 aromatic heterocycles. The van der Waals surface area contributed by atoms with E-state index in [-0.39, 0.29) is 17.4 Å². The molecular formula is C16H21N3O4S. The summed E-state index contributed by atoms with van der Waals surface area (Å²) in [5, 5.41) is 3.36. The molecule has 2 aromatic rings. The van der Waals surface area contributed by atoms with Crippen LogP contribution in [0.15, 0.2) is 11.1 Å². The maximum absolute atomic E-state index is 12.3. The predicted molar refractivity (Wildman–Crippen MR) is 92.4 cm³/mol. The van der Waals surface area contributed by atoms with Gasteiger partial charge in [0.15, 0.2) is 0 Å². The third-order valence-corrected chi connectivity index (χ3v) is 4.99. The lowest BCUT2D eigenvalue weighted by molar-refractivity contribution is -0.140. The normalized spacial score (nSPS) is 10.8. The molecule has 1 amide bonds. The lowest BCUT2D eigenvalue weighted by Crippen LogP contribution is -2.24. The molecule has 0 aliphatic carbocycles. The van der Waals surface area contributed by atoms with E-state index >= 15 is 0 Å². The number of thiophene rings is 1. The van der Waals surface area contributed by atoms with E-state index in [1.165, 1.54) is 29.3 Å². The smallest absolute Gasteiger partial charge is 0.305 e. The highest BCUT2D eigenvalue weighted by atomic mass is 32.1. The van der Waals surface area contributed by atoms with Crippen LogP contribution >= 0.6 is 11.3 Å². The predicted octanol–water partition coefficient (Wildman–Crippen LogP) is 1.77. The van der Waals surface area contributed by atoms with Crippen LogP contribution in [0.5, 0.6) is 0 Å². The Balaban J connectivity index is 1.93. The summed E-state index contributed by atoms with van der Waals surface area (Å²) in [6.07, 6.45) is 4.22. The van der Waals surface area contributed by atoms with Gasteiger partial charge in [0.25, 0.3) is 11.5 Å². The Morgan fingerprint density at radius 1 is 1.33 bits per heavy atom. The molecule has 2 rings (SSSR count). The molecule has 0 saturated carbocycles. The van der Waals surface area contributed by atoms with Crippen LogP contribution in [-0.2, 0) is 16.6 Å². The van der Waals surface area contributed by atoms with Gasteiger partial charge in [0, 0.05) is 20.0 Å². The van der Waals surface area contributed by atoms with E-state index in [9.17, 15) is 14.4 Å². The van der Waals surface area contributed by atoms with Crippen LogP contribution in [0.25, 0.3) is 10.2 Å². The Bertz CT molecular complexity index is 809. The third kappa shape index (κ3) is 4.00. The molecule has 0 atom stereocenters. The molecule has 1 N–H and O–H groups in total. The van der Waals surface area contributed by atoms with Crippen molar-refractivity contribution in [2.24, 2.45) is 7.05 Å². The number of rotatable bonds is 7. The largest absolute Gasteiger partial charge is 0.469 e. The molecule has 0 aromatic carbocycles. The molecule has 2 heterocycles. The van der Waals surface area contributed by atoms with E-state index in [0.717, 1.165) is 19.3 Å². The number of ether oxygens (including phenoxy) is 1. The molecule has 0 radical (unpaired) electrons. The number of carbonyl (C=O) groups excluding carboxylic acids is 2. The Morgan fingerprint density at radius 3 is 2.79 bits per heavy atom. The van der Waals surface area contributed by atoms with Crippen LogP contribution < -0.4 is 10.9 Å². The summed E-state index contributed by atoms with van der Waals surface area (Å²) < 4.78 is 5.98. The fraction of sp³-hybridized carbons (Fsp3) is 0.500. The van der Waals surface area contributed by atoms with Gasteiger partial charge in [-0.3, -0.25) is 14.4 Å². The van der Waals surface area contributed by atoms with Gasteiger partial charge in [0.1, 0.15) is 4.83 Å². The van der Waals surface area contributed by atoms with Crippen molar-refractivity contribution in [3.05, 3.63) is 27.1 Å². The number of nitrogens with zero attached hydrogens (tertiary/aromatic N) is 2. The molecule has 0 spiro atoms. The number of methoxy groups -OCH3 is 1. The number of carbonyl (C=O) groups is 2. The number of aromatic nitrogens is 2. The summed E-state index contributed by atoms with van der Waals surface area (Å²) in [5.74, 6) is -0.403. The first-order valence-corrected chi connectivity index (χ1v) is 8.57. The highest BCUT2D eigenvalue weighted by Gasteiger charge is 2.18. The Labute approximate surface area is 143 Å². The van der Waals surface area contributed by atoms with Crippen molar-refractivity contribution < 1.29 is 14.3 Å². The van der Waals surface area contributed by atoms with E-state index in [0.29, 0.717) is 33.6 Å². The van der Waals surface area contributed by atoms with Crippen molar-refractivity contribution in [3.63, 3.8) is 0 Å². The number of amides is 1. The highest BCUT2D eigenvalue weighted by Crippen LogP contribution is 2.26. The van der Waals surface area contributed by atoms with E-state index in [2.05, 4.69) is 15.0 Å². The zero-order valence-corrected chi connectivity index (χ0v) is 14.9. The van der Waals surface area contributed by atoms with E-state index < -0.39 is 0 Å². The first kappa shape index (κ1) is 18.1. The van der Waals surface area contributed by atoms with E-state index in [1.54, 1.807) is 14.0 Å². The topological polar surface area (TPSA) is 90.3 Å². The quantitative estimate of drug-likeness (QED) is 0.606. The standard InChI is InChI=1S/C16H21N3O4S/c1-10-12-15(18-9-19(2)16(12)22)24-13(10)14(21)17-8-6-4-5-7-11(20)23-3/h9H,4-8H2,1-3H3,(H,17,21). The fourth-order valence-electron chi connectivity index (χ4n) is 2.38. The minimum atomic E-state index is -0.214. The van der Waals surface area contributed by atoms with Crippen molar-refractivity contribution >= 4 is 33.4 Å². The number of fused-ring (bicyclic) bond motifs is 1. The summed E-state index contributed by atoms with van der Waals surface area (Å²) in [6, 6.07) is 0. The monoisotopic (exact) mass is 351 g/mol. The van der Waals surface area contributed by atoms with Gasteiger partial charge < -0.3 is 14.6 Å². The fourth-order valence-corrected chi connectivity index (χ4v) is 3.44. The molecular weight excluding hydrogens is 330 g/mol. The Kier molecular flexibility index (Phi) is 6.08. The summed E-state index contributed by atoms with van der Waals surface area (Å²) in [5.41, 5.74) is 0.530. The summed E-state index contributed by atoms with van der Waals surface area (Å²) in [7, 11) is 3.01. The molecule has 0 unspecified atom stereocenters.